The van der Waals surface area contributed by atoms with E-state index in [1.807, 2.05) is 42.5 Å². The number of hydrogen-bond acceptors (Lipinski definition) is 5. The molecule has 1 saturated heterocycles. The fourth-order valence-corrected chi connectivity index (χ4v) is 4.32. The fourth-order valence-electron chi connectivity index (χ4n) is 2.63. The first kappa shape index (κ1) is 20.8. The lowest BCUT2D eigenvalue weighted by molar-refractivity contribution is -0.121. The zero-order valence-corrected chi connectivity index (χ0v) is 18.7. The minimum absolute atomic E-state index is 0.0836. The summed E-state index contributed by atoms with van der Waals surface area (Å²) in [5.74, 6) is 1.05. The number of aliphatic imine (C=N–C) groups is 1. The second-order valence-electron chi connectivity index (χ2n) is 5.90. The lowest BCUT2D eigenvalue weighted by Gasteiger charge is -2.14. The summed E-state index contributed by atoms with van der Waals surface area (Å²) in [4.78, 5) is 18.6. The van der Waals surface area contributed by atoms with Crippen LogP contribution in [0.25, 0.3) is 6.08 Å². The van der Waals surface area contributed by atoms with E-state index in [-0.39, 0.29) is 5.91 Å². The molecule has 146 valence electrons. The molecule has 8 heteroatoms. The van der Waals surface area contributed by atoms with Gasteiger partial charge in [-0.05, 0) is 57.5 Å². The summed E-state index contributed by atoms with van der Waals surface area (Å²) < 4.78 is 12.2. The van der Waals surface area contributed by atoms with Gasteiger partial charge >= 0.3 is 0 Å². The number of likely N-dealkylation sites (N-methyl/N-ethyl adjacent to an activating group) is 1. The first-order chi connectivity index (χ1) is 13.4. The molecule has 0 aliphatic carbocycles. The molecule has 1 aliphatic rings. The lowest BCUT2D eigenvalue weighted by atomic mass is 10.1. The van der Waals surface area contributed by atoms with Crippen LogP contribution in [-0.2, 0) is 11.4 Å². The van der Waals surface area contributed by atoms with Crippen molar-refractivity contribution in [3.63, 3.8) is 0 Å². The van der Waals surface area contributed by atoms with Gasteiger partial charge < -0.3 is 9.47 Å². The smallest absolute Gasteiger partial charge is 0.266 e. The van der Waals surface area contributed by atoms with E-state index in [2.05, 4.69) is 20.9 Å². The van der Waals surface area contributed by atoms with Crippen LogP contribution in [0.1, 0.15) is 11.1 Å². The van der Waals surface area contributed by atoms with Crippen molar-refractivity contribution >= 4 is 56.4 Å². The van der Waals surface area contributed by atoms with Crippen LogP contribution in [-0.4, -0.2) is 37.2 Å². The van der Waals surface area contributed by atoms with Crippen LogP contribution in [0.4, 0.5) is 0 Å². The molecule has 0 atom stereocenters. The second-order valence-corrected chi connectivity index (χ2v) is 8.17. The number of thioether (sulfide) groups is 1. The molecule has 5 nitrogen and oxygen atoms in total. The van der Waals surface area contributed by atoms with Gasteiger partial charge in [-0.1, -0.05) is 29.8 Å². The number of nitrogens with zero attached hydrogens (tertiary/aromatic N) is 2. The molecule has 0 spiro atoms. The zero-order chi connectivity index (χ0) is 20.3. The Kier molecular flexibility index (Phi) is 6.69. The Morgan fingerprint density at radius 2 is 2.07 bits per heavy atom. The topological polar surface area (TPSA) is 51.1 Å². The third kappa shape index (κ3) is 4.37. The Bertz CT molecular complexity index is 978. The summed E-state index contributed by atoms with van der Waals surface area (Å²) in [5.41, 5.74) is 1.70. The molecule has 1 heterocycles. The number of ether oxygens (including phenoxy) is 2. The molecule has 1 aliphatic heterocycles. The molecule has 1 fully saturated rings. The Morgan fingerprint density at radius 1 is 1.32 bits per heavy atom. The summed E-state index contributed by atoms with van der Waals surface area (Å²) in [5, 5.41) is 1.31. The molecular weight excluding hydrogens is 464 g/mol. The Balaban J connectivity index is 1.87. The molecule has 0 N–H and O–H groups in total. The van der Waals surface area contributed by atoms with Crippen molar-refractivity contribution in [2.24, 2.45) is 4.99 Å². The number of carbonyl (C=O) groups is 1. The predicted molar refractivity (Wildman–Crippen MR) is 118 cm³/mol. The minimum atomic E-state index is -0.0836. The third-order valence-corrected chi connectivity index (χ3v) is 6.18. The number of hydrogen-bond donors (Lipinski definition) is 0. The number of amides is 1. The first-order valence-electron chi connectivity index (χ1n) is 8.32. The highest BCUT2D eigenvalue weighted by Crippen LogP contribution is 2.39. The van der Waals surface area contributed by atoms with E-state index >= 15 is 0 Å². The zero-order valence-electron chi connectivity index (χ0n) is 15.5. The van der Waals surface area contributed by atoms with Crippen LogP contribution in [0.5, 0.6) is 11.5 Å². The van der Waals surface area contributed by atoms with Gasteiger partial charge in [0.1, 0.15) is 6.61 Å². The summed E-state index contributed by atoms with van der Waals surface area (Å²) >= 11 is 11.1. The van der Waals surface area contributed by atoms with Crippen molar-refractivity contribution in [2.45, 2.75) is 6.61 Å². The van der Waals surface area contributed by atoms with Crippen molar-refractivity contribution in [2.75, 3.05) is 21.2 Å². The van der Waals surface area contributed by atoms with E-state index in [4.69, 9.17) is 21.1 Å². The van der Waals surface area contributed by atoms with Crippen LogP contribution in [0.2, 0.25) is 5.02 Å². The molecule has 0 aromatic heterocycles. The van der Waals surface area contributed by atoms with Gasteiger partial charge in [0, 0.05) is 24.7 Å². The maximum Gasteiger partial charge on any atom is 0.266 e. The van der Waals surface area contributed by atoms with Crippen LogP contribution in [0.15, 0.2) is 50.8 Å². The average Bonchev–Trinajstić information content (AvgIpc) is 2.95. The van der Waals surface area contributed by atoms with Gasteiger partial charge in [0.25, 0.3) is 5.91 Å². The largest absolute Gasteiger partial charge is 0.493 e. The summed E-state index contributed by atoms with van der Waals surface area (Å²) in [6.07, 6.45) is 1.81. The number of amidine groups is 1. The summed E-state index contributed by atoms with van der Waals surface area (Å²) in [6.45, 7) is 0.310. The van der Waals surface area contributed by atoms with Gasteiger partial charge in [0.15, 0.2) is 16.7 Å². The van der Waals surface area contributed by atoms with Crippen LogP contribution < -0.4 is 9.47 Å². The summed E-state index contributed by atoms with van der Waals surface area (Å²) in [6, 6.07) is 11.2. The lowest BCUT2D eigenvalue weighted by Crippen LogP contribution is -2.23. The monoisotopic (exact) mass is 480 g/mol. The molecule has 2 aromatic rings. The quantitative estimate of drug-likeness (QED) is 0.549. The standard InChI is InChI=1S/C20H18BrClN2O3S/c1-23-20-24(2)19(25)17(28-20)10-12-8-14(21)18(16(9-12)26-3)27-11-13-6-4-5-7-15(13)22/h4-10H,11H2,1-3H3/b17-10+,23-20?. The third-order valence-electron chi connectivity index (χ3n) is 4.07. The highest BCUT2D eigenvalue weighted by Gasteiger charge is 2.29. The van der Waals surface area contributed by atoms with E-state index in [1.165, 1.54) is 16.7 Å². The van der Waals surface area contributed by atoms with Crippen LogP contribution in [0, 0.1) is 0 Å². The number of rotatable bonds is 5. The number of halogens is 2. The molecule has 0 bridgehead atoms. The first-order valence-corrected chi connectivity index (χ1v) is 10.3. The van der Waals surface area contributed by atoms with Gasteiger partial charge in [-0.25, -0.2) is 0 Å². The molecule has 0 saturated carbocycles. The van der Waals surface area contributed by atoms with Crippen LogP contribution >= 0.6 is 39.3 Å². The Morgan fingerprint density at radius 3 is 2.71 bits per heavy atom. The number of methoxy groups -OCH3 is 1. The van der Waals surface area contributed by atoms with E-state index < -0.39 is 0 Å². The van der Waals surface area contributed by atoms with E-state index in [0.29, 0.717) is 33.2 Å². The number of benzene rings is 2. The molecule has 28 heavy (non-hydrogen) atoms. The average molecular weight is 482 g/mol. The maximum absolute atomic E-state index is 12.4. The van der Waals surface area contributed by atoms with Crippen molar-refractivity contribution in [3.05, 3.63) is 61.9 Å². The molecule has 3 rings (SSSR count). The van der Waals surface area contributed by atoms with E-state index in [1.54, 1.807) is 21.2 Å². The predicted octanol–water partition coefficient (Wildman–Crippen LogP) is 5.22. The second kappa shape index (κ2) is 9.03. The van der Waals surface area contributed by atoms with Gasteiger partial charge in [0.2, 0.25) is 0 Å². The molecule has 1 amide bonds. The molecule has 0 unspecified atom stereocenters. The van der Waals surface area contributed by atoms with Gasteiger partial charge in [-0.3, -0.25) is 14.7 Å². The van der Waals surface area contributed by atoms with E-state index in [0.717, 1.165) is 15.6 Å². The van der Waals surface area contributed by atoms with Crippen molar-refractivity contribution < 1.29 is 14.3 Å². The Labute approximate surface area is 181 Å². The highest BCUT2D eigenvalue weighted by molar-refractivity contribution is 9.10. The van der Waals surface area contributed by atoms with Crippen molar-refractivity contribution in [3.8, 4) is 11.5 Å². The van der Waals surface area contributed by atoms with Crippen LogP contribution in [0.3, 0.4) is 0 Å². The van der Waals surface area contributed by atoms with Crippen molar-refractivity contribution in [1.82, 2.24) is 4.90 Å². The van der Waals surface area contributed by atoms with Crippen molar-refractivity contribution in [1.29, 1.82) is 0 Å². The summed E-state index contributed by atoms with van der Waals surface area (Å²) in [7, 11) is 4.95. The van der Waals surface area contributed by atoms with Gasteiger partial charge in [0.05, 0.1) is 16.5 Å². The van der Waals surface area contributed by atoms with Gasteiger partial charge in [-0.2, -0.15) is 0 Å². The molecule has 2 aromatic carbocycles. The Hall–Kier alpha value is -1.96. The minimum Gasteiger partial charge on any atom is -0.493 e. The fraction of sp³-hybridized carbons (Fsp3) is 0.200. The van der Waals surface area contributed by atoms with Gasteiger partial charge in [-0.15, -0.1) is 0 Å². The highest BCUT2D eigenvalue weighted by atomic mass is 79.9. The van der Waals surface area contributed by atoms with E-state index in [9.17, 15) is 4.79 Å². The molecular formula is C20H18BrClN2O3S. The SMILES string of the molecule is CN=C1S/C(=C/c2cc(Br)c(OCc3ccccc3Cl)c(OC)c2)C(=O)N1C. The molecule has 0 radical (unpaired) electrons. The maximum atomic E-state index is 12.4. The normalized spacial score (nSPS) is 16.9. The number of carbonyl (C=O) groups excluding carboxylic acids is 1.